The maximum atomic E-state index is 14.2. The summed E-state index contributed by atoms with van der Waals surface area (Å²) in [7, 11) is 0. The first-order valence-corrected chi connectivity index (χ1v) is 8.60. The maximum Gasteiger partial charge on any atom is 0.268 e. The minimum atomic E-state index is -2.70. The molecule has 0 saturated heterocycles. The Morgan fingerprint density at radius 3 is 2.64 bits per heavy atom. The molecular formula is C17H14Cl2F2N4. The predicted molar refractivity (Wildman–Crippen MR) is 94.9 cm³/mol. The second-order valence-electron chi connectivity index (χ2n) is 6.15. The van der Waals surface area contributed by atoms with Crippen LogP contribution in [0.3, 0.4) is 0 Å². The van der Waals surface area contributed by atoms with E-state index in [2.05, 4.69) is 15.3 Å². The standard InChI is InChI=1S/C17H14Cl2F2N4/c18-12-3-6-22-15(19)14(12)24-16-11-5-8-25(13(11)4-7-23-16)9-17(20,21)10-1-2-10/h3-8,10H,1-2,9H2,(H,23,24). The number of nitrogens with zero attached hydrogens (tertiary/aromatic N) is 3. The van der Waals surface area contributed by atoms with Crippen LogP contribution in [0.15, 0.2) is 36.8 Å². The minimum Gasteiger partial charge on any atom is -0.341 e. The lowest BCUT2D eigenvalue weighted by Crippen LogP contribution is -2.25. The van der Waals surface area contributed by atoms with Crippen molar-refractivity contribution >= 4 is 45.6 Å². The van der Waals surface area contributed by atoms with Gasteiger partial charge in [0.1, 0.15) is 5.82 Å². The molecule has 1 aliphatic carbocycles. The predicted octanol–water partition coefficient (Wildman–Crippen LogP) is 5.53. The highest BCUT2D eigenvalue weighted by Crippen LogP contribution is 2.44. The zero-order valence-electron chi connectivity index (χ0n) is 13.0. The molecule has 1 saturated carbocycles. The van der Waals surface area contributed by atoms with Crippen LogP contribution in [0.1, 0.15) is 12.8 Å². The van der Waals surface area contributed by atoms with Gasteiger partial charge in [-0.3, -0.25) is 0 Å². The highest BCUT2D eigenvalue weighted by atomic mass is 35.5. The Morgan fingerprint density at radius 2 is 1.92 bits per heavy atom. The van der Waals surface area contributed by atoms with Gasteiger partial charge in [0.05, 0.1) is 22.8 Å². The highest BCUT2D eigenvalue weighted by molar-refractivity contribution is 6.38. The summed E-state index contributed by atoms with van der Waals surface area (Å²) in [5, 5.41) is 4.38. The van der Waals surface area contributed by atoms with Gasteiger partial charge >= 0.3 is 0 Å². The first-order chi connectivity index (χ1) is 12.0. The zero-order valence-corrected chi connectivity index (χ0v) is 14.5. The molecule has 4 nitrogen and oxygen atoms in total. The summed E-state index contributed by atoms with van der Waals surface area (Å²) in [6.07, 6.45) is 5.91. The monoisotopic (exact) mass is 382 g/mol. The Kier molecular flexibility index (Phi) is 4.04. The molecule has 3 heterocycles. The maximum absolute atomic E-state index is 14.2. The second-order valence-corrected chi connectivity index (χ2v) is 6.92. The molecule has 0 aliphatic heterocycles. The molecule has 0 radical (unpaired) electrons. The normalized spacial score (nSPS) is 14.9. The largest absolute Gasteiger partial charge is 0.341 e. The molecule has 0 spiro atoms. The molecule has 1 fully saturated rings. The Labute approximate surface area is 152 Å². The van der Waals surface area contributed by atoms with Crippen molar-refractivity contribution in [2.24, 2.45) is 5.92 Å². The van der Waals surface area contributed by atoms with E-state index in [-0.39, 0.29) is 11.7 Å². The number of nitrogens with one attached hydrogen (secondary N) is 1. The van der Waals surface area contributed by atoms with Gasteiger partial charge in [0.25, 0.3) is 5.92 Å². The summed E-state index contributed by atoms with van der Waals surface area (Å²) in [6.45, 7) is -0.334. The number of anilines is 2. The summed E-state index contributed by atoms with van der Waals surface area (Å²) in [5.41, 5.74) is 1.11. The molecule has 0 unspecified atom stereocenters. The van der Waals surface area contributed by atoms with Crippen LogP contribution in [-0.2, 0) is 6.54 Å². The summed E-state index contributed by atoms with van der Waals surface area (Å²) in [5.74, 6) is -2.71. The number of rotatable bonds is 5. The fourth-order valence-electron chi connectivity index (χ4n) is 2.87. The fourth-order valence-corrected chi connectivity index (χ4v) is 3.31. The van der Waals surface area contributed by atoms with Gasteiger partial charge in [0.2, 0.25) is 0 Å². The van der Waals surface area contributed by atoms with Crippen molar-refractivity contribution in [3.05, 3.63) is 47.0 Å². The molecule has 1 aliphatic rings. The van der Waals surface area contributed by atoms with Crippen molar-refractivity contribution in [2.75, 3.05) is 5.32 Å². The Bertz CT molecular complexity index is 917. The van der Waals surface area contributed by atoms with Crippen molar-refractivity contribution in [1.29, 1.82) is 0 Å². The van der Waals surface area contributed by atoms with Crippen LogP contribution >= 0.6 is 23.2 Å². The smallest absolute Gasteiger partial charge is 0.268 e. The van der Waals surface area contributed by atoms with Crippen LogP contribution in [0.5, 0.6) is 0 Å². The van der Waals surface area contributed by atoms with Crippen LogP contribution < -0.4 is 5.32 Å². The lowest BCUT2D eigenvalue weighted by molar-refractivity contribution is -0.0375. The Balaban J connectivity index is 1.69. The number of alkyl halides is 2. The Morgan fingerprint density at radius 1 is 1.16 bits per heavy atom. The minimum absolute atomic E-state index is 0.214. The average Bonchev–Trinajstić information content (AvgIpc) is 3.35. The SMILES string of the molecule is FC(F)(Cn1ccc2c(Nc3c(Cl)ccnc3Cl)nccc21)C1CC1. The van der Waals surface area contributed by atoms with E-state index in [1.165, 1.54) is 6.20 Å². The number of fused-ring (bicyclic) bond motifs is 1. The van der Waals surface area contributed by atoms with Crippen LogP contribution in [0.25, 0.3) is 10.9 Å². The van der Waals surface area contributed by atoms with Crippen LogP contribution in [0.4, 0.5) is 20.3 Å². The molecule has 0 aromatic carbocycles. The molecule has 0 amide bonds. The fraction of sp³-hybridized carbons (Fsp3) is 0.294. The van der Waals surface area contributed by atoms with E-state index < -0.39 is 11.8 Å². The van der Waals surface area contributed by atoms with Crippen molar-refractivity contribution < 1.29 is 8.78 Å². The topological polar surface area (TPSA) is 42.7 Å². The summed E-state index contributed by atoms with van der Waals surface area (Å²) < 4.78 is 29.9. The molecule has 1 N–H and O–H groups in total. The number of hydrogen-bond donors (Lipinski definition) is 1. The van der Waals surface area contributed by atoms with Gasteiger partial charge in [-0.25, -0.2) is 18.7 Å². The van der Waals surface area contributed by atoms with Gasteiger partial charge in [-0.1, -0.05) is 23.2 Å². The lowest BCUT2D eigenvalue weighted by atomic mass is 10.2. The van der Waals surface area contributed by atoms with E-state index in [1.807, 2.05) is 0 Å². The van der Waals surface area contributed by atoms with Crippen molar-refractivity contribution in [1.82, 2.24) is 14.5 Å². The molecule has 4 rings (SSSR count). The number of pyridine rings is 2. The molecular weight excluding hydrogens is 369 g/mol. The van der Waals surface area contributed by atoms with E-state index >= 15 is 0 Å². The summed E-state index contributed by atoms with van der Waals surface area (Å²) >= 11 is 12.2. The van der Waals surface area contributed by atoms with Crippen LogP contribution in [-0.4, -0.2) is 20.5 Å². The van der Waals surface area contributed by atoms with Crippen molar-refractivity contribution in [3.8, 4) is 0 Å². The third-order valence-electron chi connectivity index (χ3n) is 4.35. The molecule has 0 atom stereocenters. The van der Waals surface area contributed by atoms with Gasteiger partial charge in [-0.2, -0.15) is 0 Å². The molecule has 3 aromatic rings. The average molecular weight is 383 g/mol. The van der Waals surface area contributed by atoms with Gasteiger partial charge in [0, 0.05) is 29.9 Å². The van der Waals surface area contributed by atoms with Gasteiger partial charge < -0.3 is 9.88 Å². The number of hydrogen-bond acceptors (Lipinski definition) is 3. The first kappa shape index (κ1) is 16.5. The zero-order chi connectivity index (χ0) is 17.6. The highest BCUT2D eigenvalue weighted by Gasteiger charge is 2.46. The third-order valence-corrected chi connectivity index (χ3v) is 4.95. The molecule has 3 aromatic heterocycles. The number of halogens is 4. The van der Waals surface area contributed by atoms with Crippen LogP contribution in [0, 0.1) is 5.92 Å². The van der Waals surface area contributed by atoms with Gasteiger partial charge in [0.15, 0.2) is 5.15 Å². The lowest BCUT2D eigenvalue weighted by Gasteiger charge is -2.17. The molecule has 8 heteroatoms. The van der Waals surface area contributed by atoms with Gasteiger partial charge in [-0.15, -0.1) is 0 Å². The van der Waals surface area contributed by atoms with E-state index in [1.54, 1.807) is 35.2 Å². The second kappa shape index (κ2) is 6.11. The van der Waals surface area contributed by atoms with E-state index in [0.29, 0.717) is 40.3 Å². The van der Waals surface area contributed by atoms with Gasteiger partial charge in [-0.05, 0) is 31.0 Å². The van der Waals surface area contributed by atoms with Crippen LogP contribution in [0.2, 0.25) is 10.2 Å². The van der Waals surface area contributed by atoms with E-state index in [0.717, 1.165) is 0 Å². The molecule has 25 heavy (non-hydrogen) atoms. The summed E-state index contributed by atoms with van der Waals surface area (Å²) in [6, 6.07) is 5.08. The first-order valence-electron chi connectivity index (χ1n) is 7.84. The molecule has 0 bridgehead atoms. The molecule has 130 valence electrons. The quantitative estimate of drug-likeness (QED) is 0.590. The van der Waals surface area contributed by atoms with E-state index in [9.17, 15) is 8.78 Å². The third kappa shape index (κ3) is 3.16. The van der Waals surface area contributed by atoms with E-state index in [4.69, 9.17) is 23.2 Å². The van der Waals surface area contributed by atoms with Crippen molar-refractivity contribution in [2.45, 2.75) is 25.3 Å². The summed E-state index contributed by atoms with van der Waals surface area (Å²) in [4.78, 5) is 8.27. The van der Waals surface area contributed by atoms with Crippen molar-refractivity contribution in [3.63, 3.8) is 0 Å². The Hall–Kier alpha value is -1.92. The number of aromatic nitrogens is 3.